The van der Waals surface area contributed by atoms with E-state index >= 15 is 0 Å². The summed E-state index contributed by atoms with van der Waals surface area (Å²) >= 11 is 0. The summed E-state index contributed by atoms with van der Waals surface area (Å²) in [6, 6.07) is 10.3. The molecule has 5 heteroatoms. The second-order valence-electron chi connectivity index (χ2n) is 3.10. The first-order valence-corrected chi connectivity index (χ1v) is 4.71. The van der Waals surface area contributed by atoms with Crippen LogP contribution in [0.1, 0.15) is 12.5 Å². The Hall–Kier alpha value is -2.79. The van der Waals surface area contributed by atoms with E-state index in [4.69, 9.17) is 10.5 Å². The Morgan fingerprint density at radius 3 is 2.35 bits per heavy atom. The number of hydrogen-bond acceptors (Lipinski definition) is 5. The van der Waals surface area contributed by atoms with E-state index in [-0.39, 0.29) is 5.57 Å². The smallest absolute Gasteiger partial charge is 0.329 e. The number of benzene rings is 1. The molecule has 0 saturated carbocycles. The first-order chi connectivity index (χ1) is 8.15. The number of carbonyl (C=O) groups is 1. The van der Waals surface area contributed by atoms with Crippen LogP contribution in [0.2, 0.25) is 0 Å². The van der Waals surface area contributed by atoms with Gasteiger partial charge in [-0.25, -0.2) is 5.48 Å². The molecule has 5 nitrogen and oxygen atoms in total. The predicted octanol–water partition coefficient (Wildman–Crippen LogP) is 2.01. The van der Waals surface area contributed by atoms with Crippen molar-refractivity contribution >= 4 is 17.7 Å². The molecule has 0 heterocycles. The third-order valence-corrected chi connectivity index (χ3v) is 1.78. The first kappa shape index (κ1) is 12.3. The Morgan fingerprint density at radius 1 is 1.29 bits per heavy atom. The second-order valence-corrected chi connectivity index (χ2v) is 3.10. The standard InChI is InChI=1S/C12H9N3O2/c1-9(16)17-15-12-4-2-10(3-5-12)6-11(7-13)8-14/h2-6,15H,1H3. The molecule has 0 unspecified atom stereocenters. The van der Waals surface area contributed by atoms with E-state index in [9.17, 15) is 4.79 Å². The molecule has 0 radical (unpaired) electrons. The van der Waals surface area contributed by atoms with Crippen molar-refractivity contribution < 1.29 is 9.63 Å². The minimum absolute atomic E-state index is 0.0331. The van der Waals surface area contributed by atoms with Gasteiger partial charge in [0.25, 0.3) is 0 Å². The minimum atomic E-state index is -0.440. The highest BCUT2D eigenvalue weighted by Crippen LogP contribution is 2.12. The zero-order chi connectivity index (χ0) is 12.7. The molecule has 1 aromatic rings. The van der Waals surface area contributed by atoms with E-state index < -0.39 is 5.97 Å². The van der Waals surface area contributed by atoms with Crippen LogP contribution in [-0.4, -0.2) is 5.97 Å². The topological polar surface area (TPSA) is 85.9 Å². The van der Waals surface area contributed by atoms with Crippen molar-refractivity contribution in [3.63, 3.8) is 0 Å². The number of anilines is 1. The van der Waals surface area contributed by atoms with Crippen LogP contribution in [0.15, 0.2) is 29.8 Å². The molecule has 0 saturated heterocycles. The van der Waals surface area contributed by atoms with E-state index in [1.165, 1.54) is 13.0 Å². The lowest BCUT2D eigenvalue weighted by molar-refractivity contribution is -0.138. The first-order valence-electron chi connectivity index (χ1n) is 4.71. The molecule has 0 bridgehead atoms. The molecular weight excluding hydrogens is 218 g/mol. The summed E-state index contributed by atoms with van der Waals surface area (Å²) < 4.78 is 0. The molecular formula is C12H9N3O2. The van der Waals surface area contributed by atoms with Gasteiger partial charge in [-0.3, -0.25) is 4.79 Å². The van der Waals surface area contributed by atoms with E-state index in [0.717, 1.165) is 5.56 Å². The minimum Gasteiger partial charge on any atom is -0.344 e. The Morgan fingerprint density at radius 2 is 1.88 bits per heavy atom. The van der Waals surface area contributed by atoms with Crippen LogP contribution >= 0.6 is 0 Å². The van der Waals surface area contributed by atoms with Gasteiger partial charge in [0.15, 0.2) is 0 Å². The molecule has 0 spiro atoms. The Balaban J connectivity index is 2.76. The SMILES string of the molecule is CC(=O)ONc1ccc(C=C(C#N)C#N)cc1. The number of rotatable bonds is 3. The molecule has 1 rings (SSSR count). The number of hydrogen-bond donors (Lipinski definition) is 1. The zero-order valence-electron chi connectivity index (χ0n) is 9.10. The summed E-state index contributed by atoms with van der Waals surface area (Å²) in [6.45, 7) is 1.29. The molecule has 17 heavy (non-hydrogen) atoms. The molecule has 0 atom stereocenters. The Kier molecular flexibility index (Phi) is 4.29. The highest BCUT2D eigenvalue weighted by molar-refractivity contribution is 5.68. The van der Waals surface area contributed by atoms with Gasteiger partial charge in [-0.1, -0.05) is 12.1 Å². The normalized spacial score (nSPS) is 8.41. The monoisotopic (exact) mass is 227 g/mol. The Bertz CT molecular complexity index is 502. The van der Waals surface area contributed by atoms with Gasteiger partial charge in [0, 0.05) is 6.92 Å². The maximum absolute atomic E-state index is 10.5. The van der Waals surface area contributed by atoms with Crippen molar-refractivity contribution in [2.75, 3.05) is 5.48 Å². The van der Waals surface area contributed by atoms with Crippen LogP contribution in [0.25, 0.3) is 6.08 Å². The maximum atomic E-state index is 10.5. The quantitative estimate of drug-likeness (QED) is 0.630. The van der Waals surface area contributed by atoms with Crippen molar-refractivity contribution in [1.29, 1.82) is 10.5 Å². The predicted molar refractivity (Wildman–Crippen MR) is 61.0 cm³/mol. The van der Waals surface area contributed by atoms with Gasteiger partial charge in [-0.15, -0.1) is 0 Å². The van der Waals surface area contributed by atoms with Crippen LogP contribution in [-0.2, 0) is 9.63 Å². The summed E-state index contributed by atoms with van der Waals surface area (Å²) in [5.74, 6) is -0.440. The molecule has 0 aromatic heterocycles. The summed E-state index contributed by atoms with van der Waals surface area (Å²) in [5.41, 5.74) is 3.81. The van der Waals surface area contributed by atoms with Crippen LogP contribution in [0.3, 0.4) is 0 Å². The number of carbonyl (C=O) groups excluding carboxylic acids is 1. The van der Waals surface area contributed by atoms with Gasteiger partial charge in [0.2, 0.25) is 0 Å². The largest absolute Gasteiger partial charge is 0.344 e. The van der Waals surface area contributed by atoms with Gasteiger partial charge < -0.3 is 4.84 Å². The zero-order valence-corrected chi connectivity index (χ0v) is 9.10. The molecule has 1 aromatic carbocycles. The van der Waals surface area contributed by atoms with Crippen LogP contribution < -0.4 is 5.48 Å². The fraction of sp³-hybridized carbons (Fsp3) is 0.0833. The fourth-order valence-electron chi connectivity index (χ4n) is 1.03. The Labute approximate surface area is 98.5 Å². The van der Waals surface area contributed by atoms with Crippen molar-refractivity contribution in [3.8, 4) is 12.1 Å². The molecule has 0 aliphatic rings. The average molecular weight is 227 g/mol. The van der Waals surface area contributed by atoms with Crippen molar-refractivity contribution in [3.05, 3.63) is 35.4 Å². The highest BCUT2D eigenvalue weighted by Gasteiger charge is 1.96. The van der Waals surface area contributed by atoms with Crippen molar-refractivity contribution in [2.45, 2.75) is 6.92 Å². The number of nitrogens with zero attached hydrogens (tertiary/aromatic N) is 2. The number of allylic oxidation sites excluding steroid dienone is 1. The summed E-state index contributed by atoms with van der Waals surface area (Å²) in [6.07, 6.45) is 1.47. The van der Waals surface area contributed by atoms with E-state index in [1.807, 2.05) is 0 Å². The van der Waals surface area contributed by atoms with Crippen LogP contribution in [0.5, 0.6) is 0 Å². The van der Waals surface area contributed by atoms with Gasteiger partial charge in [0.1, 0.15) is 17.7 Å². The lowest BCUT2D eigenvalue weighted by Gasteiger charge is -2.04. The molecule has 1 N–H and O–H groups in total. The van der Waals surface area contributed by atoms with Crippen LogP contribution in [0, 0.1) is 22.7 Å². The van der Waals surface area contributed by atoms with Gasteiger partial charge in [0.05, 0.1) is 5.69 Å². The molecule has 84 valence electrons. The lowest BCUT2D eigenvalue weighted by Crippen LogP contribution is -2.05. The van der Waals surface area contributed by atoms with Gasteiger partial charge in [-0.2, -0.15) is 10.5 Å². The van der Waals surface area contributed by atoms with E-state index in [2.05, 4.69) is 10.3 Å². The molecule has 0 aliphatic heterocycles. The summed E-state index contributed by atoms with van der Waals surface area (Å²) in [4.78, 5) is 15.1. The molecule has 0 fully saturated rings. The van der Waals surface area contributed by atoms with Crippen molar-refractivity contribution in [2.24, 2.45) is 0 Å². The van der Waals surface area contributed by atoms with Gasteiger partial charge >= 0.3 is 5.97 Å². The van der Waals surface area contributed by atoms with Gasteiger partial charge in [-0.05, 0) is 23.8 Å². The number of nitrogens with one attached hydrogen (secondary N) is 1. The third-order valence-electron chi connectivity index (χ3n) is 1.78. The summed E-state index contributed by atoms with van der Waals surface area (Å²) in [5, 5.41) is 17.2. The summed E-state index contributed by atoms with van der Waals surface area (Å²) in [7, 11) is 0. The third kappa shape index (κ3) is 4.06. The maximum Gasteiger partial charge on any atom is 0.329 e. The molecule has 0 amide bonds. The van der Waals surface area contributed by atoms with Crippen LogP contribution in [0.4, 0.5) is 5.69 Å². The lowest BCUT2D eigenvalue weighted by atomic mass is 10.1. The molecule has 0 aliphatic carbocycles. The second kappa shape index (κ2) is 5.94. The van der Waals surface area contributed by atoms with E-state index in [1.54, 1.807) is 36.4 Å². The van der Waals surface area contributed by atoms with E-state index in [0.29, 0.717) is 5.69 Å². The fourth-order valence-corrected chi connectivity index (χ4v) is 1.03. The average Bonchev–Trinajstić information content (AvgIpc) is 2.34. The van der Waals surface area contributed by atoms with Crippen molar-refractivity contribution in [1.82, 2.24) is 0 Å². The number of nitriles is 2. The highest BCUT2D eigenvalue weighted by atomic mass is 16.7.